The van der Waals surface area contributed by atoms with Crippen LogP contribution < -0.4 is 11.2 Å². The van der Waals surface area contributed by atoms with Gasteiger partial charge in [-0.25, -0.2) is 4.79 Å². The highest BCUT2D eigenvalue weighted by molar-refractivity contribution is 5.97. The van der Waals surface area contributed by atoms with E-state index in [-0.39, 0.29) is 17.9 Å². The minimum atomic E-state index is -0.683. The predicted octanol–water partition coefficient (Wildman–Crippen LogP) is 0.776. The Morgan fingerprint density at radius 3 is 2.70 bits per heavy atom. The molecular weight excluding hydrogens is 348 g/mol. The molecule has 0 unspecified atom stereocenters. The van der Waals surface area contributed by atoms with Crippen molar-refractivity contribution in [1.29, 1.82) is 5.26 Å². The van der Waals surface area contributed by atoms with Crippen LogP contribution >= 0.6 is 0 Å². The molecule has 0 N–H and O–H groups in total. The largest absolute Gasteiger partial charge is 0.383 e. The number of nitrogens with zero attached hydrogens (tertiary/aromatic N) is 4. The number of aromatic nitrogens is 3. The number of nitriles is 1. The van der Waals surface area contributed by atoms with Gasteiger partial charge >= 0.3 is 5.69 Å². The molecule has 0 amide bonds. The summed E-state index contributed by atoms with van der Waals surface area (Å²) in [5, 5.41) is 9.34. The molecule has 2 aromatic rings. The molecule has 0 fully saturated rings. The molecule has 27 heavy (non-hydrogen) atoms. The average molecular weight is 370 g/mol. The first kappa shape index (κ1) is 18.9. The van der Waals surface area contributed by atoms with Gasteiger partial charge in [0.05, 0.1) is 13.2 Å². The second-order valence-electron chi connectivity index (χ2n) is 6.71. The van der Waals surface area contributed by atoms with Crippen molar-refractivity contribution in [2.24, 2.45) is 0 Å². The van der Waals surface area contributed by atoms with Crippen LogP contribution in [0, 0.1) is 25.2 Å². The highest BCUT2D eigenvalue weighted by Crippen LogP contribution is 2.17. The van der Waals surface area contributed by atoms with E-state index in [0.717, 1.165) is 16.0 Å². The van der Waals surface area contributed by atoms with Crippen molar-refractivity contribution in [3.8, 4) is 6.07 Å². The summed E-state index contributed by atoms with van der Waals surface area (Å²) in [5.74, 6) is -0.326. The third kappa shape index (κ3) is 3.15. The molecule has 142 valence electrons. The molecule has 0 bridgehead atoms. The van der Waals surface area contributed by atoms with Gasteiger partial charge in [0.15, 0.2) is 5.78 Å². The second kappa shape index (κ2) is 7.37. The summed E-state index contributed by atoms with van der Waals surface area (Å²) in [7, 11) is 1.61. The summed E-state index contributed by atoms with van der Waals surface area (Å²) in [6, 6.07) is 3.66. The van der Waals surface area contributed by atoms with E-state index >= 15 is 0 Å². The molecule has 8 nitrogen and oxygen atoms in total. The Morgan fingerprint density at radius 1 is 1.30 bits per heavy atom. The van der Waals surface area contributed by atoms with Crippen LogP contribution in [0.1, 0.15) is 39.4 Å². The third-order valence-corrected chi connectivity index (χ3v) is 5.14. The van der Waals surface area contributed by atoms with Crippen molar-refractivity contribution in [2.45, 2.75) is 46.3 Å². The van der Waals surface area contributed by atoms with Gasteiger partial charge in [-0.15, -0.1) is 0 Å². The topological polar surface area (TPSA) is 99.0 Å². The fourth-order valence-electron chi connectivity index (χ4n) is 3.73. The van der Waals surface area contributed by atoms with Crippen molar-refractivity contribution in [3.63, 3.8) is 0 Å². The number of fused-ring (bicyclic) bond motifs is 1. The first-order chi connectivity index (χ1) is 12.9. The lowest BCUT2D eigenvalue weighted by Gasteiger charge is -2.11. The predicted molar refractivity (Wildman–Crippen MR) is 98.1 cm³/mol. The maximum absolute atomic E-state index is 12.8. The van der Waals surface area contributed by atoms with Crippen LogP contribution in [0.4, 0.5) is 0 Å². The van der Waals surface area contributed by atoms with Crippen molar-refractivity contribution in [3.05, 3.63) is 55.1 Å². The maximum Gasteiger partial charge on any atom is 0.331 e. The quantitative estimate of drug-likeness (QED) is 0.700. The molecular formula is C19H22N4O4. The molecule has 0 saturated carbocycles. The van der Waals surface area contributed by atoms with Crippen molar-refractivity contribution in [2.75, 3.05) is 13.7 Å². The monoisotopic (exact) mass is 370 g/mol. The first-order valence-electron chi connectivity index (χ1n) is 8.86. The van der Waals surface area contributed by atoms with E-state index in [1.165, 1.54) is 4.57 Å². The highest BCUT2D eigenvalue weighted by atomic mass is 16.5. The van der Waals surface area contributed by atoms with Crippen LogP contribution in [-0.2, 0) is 30.8 Å². The first-order valence-corrected chi connectivity index (χ1v) is 8.86. The van der Waals surface area contributed by atoms with Gasteiger partial charge in [0.25, 0.3) is 5.56 Å². The highest BCUT2D eigenvalue weighted by Gasteiger charge is 2.24. The Morgan fingerprint density at radius 2 is 2.04 bits per heavy atom. The van der Waals surface area contributed by atoms with E-state index in [1.807, 2.05) is 24.5 Å². The normalized spacial score (nSPS) is 12.8. The summed E-state index contributed by atoms with van der Waals surface area (Å²) in [6.45, 7) is 4.94. The van der Waals surface area contributed by atoms with Crippen molar-refractivity contribution >= 4 is 5.78 Å². The molecule has 1 aliphatic rings. The van der Waals surface area contributed by atoms with Gasteiger partial charge in [0, 0.05) is 42.8 Å². The molecule has 0 spiro atoms. The van der Waals surface area contributed by atoms with Crippen molar-refractivity contribution in [1.82, 2.24) is 13.7 Å². The van der Waals surface area contributed by atoms with Crippen LogP contribution in [0.2, 0.25) is 0 Å². The molecule has 1 aliphatic heterocycles. The average Bonchev–Trinajstić information content (AvgIpc) is 3.23. The number of rotatable bonds is 6. The number of Topliss-reactive ketones (excluding diaryl/α,β-unsaturated/α-hetero) is 1. The van der Waals surface area contributed by atoms with Crippen LogP contribution in [0.15, 0.2) is 15.7 Å². The summed E-state index contributed by atoms with van der Waals surface area (Å²) in [6.07, 6.45) is 1.24. The Labute approximate surface area is 156 Å². The molecule has 0 atom stereocenters. The summed E-state index contributed by atoms with van der Waals surface area (Å²) >= 11 is 0. The SMILES string of the molecule is COCCn1c(C)cc(C(=O)Cn2c(=O)c(C#N)c3n(c2=O)CCC3)c1C. The van der Waals surface area contributed by atoms with Gasteiger partial charge in [0.2, 0.25) is 0 Å². The number of ether oxygens (including phenoxy) is 1. The van der Waals surface area contributed by atoms with Gasteiger partial charge in [-0.3, -0.25) is 18.7 Å². The van der Waals surface area contributed by atoms with E-state index < -0.39 is 11.2 Å². The molecule has 0 saturated heterocycles. The molecule has 3 heterocycles. The number of ketones is 1. The summed E-state index contributed by atoms with van der Waals surface area (Å²) < 4.78 is 9.39. The fraction of sp³-hybridized carbons (Fsp3) is 0.474. The maximum atomic E-state index is 12.8. The minimum Gasteiger partial charge on any atom is -0.383 e. The second-order valence-corrected chi connectivity index (χ2v) is 6.71. The number of aryl methyl sites for hydroxylation is 1. The number of carbonyl (C=O) groups excluding carboxylic acids is 1. The summed E-state index contributed by atoms with van der Waals surface area (Å²) in [4.78, 5) is 38.1. The molecule has 2 aromatic heterocycles. The van der Waals surface area contributed by atoms with E-state index in [2.05, 4.69) is 0 Å². The molecule has 0 aliphatic carbocycles. The molecule has 0 radical (unpaired) electrons. The third-order valence-electron chi connectivity index (χ3n) is 5.14. The zero-order valence-corrected chi connectivity index (χ0v) is 15.7. The number of methoxy groups -OCH3 is 1. The van der Waals surface area contributed by atoms with E-state index in [1.54, 1.807) is 13.2 Å². The van der Waals surface area contributed by atoms with E-state index in [4.69, 9.17) is 4.74 Å². The smallest absolute Gasteiger partial charge is 0.331 e. The van der Waals surface area contributed by atoms with Crippen molar-refractivity contribution < 1.29 is 9.53 Å². The minimum absolute atomic E-state index is 0.0366. The van der Waals surface area contributed by atoms with Crippen LogP contribution in [-0.4, -0.2) is 33.2 Å². The Bertz CT molecular complexity index is 1070. The molecule has 8 heteroatoms. The summed E-state index contributed by atoms with van der Waals surface area (Å²) in [5.41, 5.74) is 1.39. The van der Waals surface area contributed by atoms with Gasteiger partial charge in [0.1, 0.15) is 11.6 Å². The number of hydrogen-bond donors (Lipinski definition) is 0. The van der Waals surface area contributed by atoms with E-state index in [9.17, 15) is 19.6 Å². The lowest BCUT2D eigenvalue weighted by Crippen LogP contribution is -2.43. The Hall–Kier alpha value is -2.92. The van der Waals surface area contributed by atoms with Crippen LogP contribution in [0.25, 0.3) is 0 Å². The molecule has 3 rings (SSSR count). The Kier molecular flexibility index (Phi) is 5.15. The van der Waals surface area contributed by atoms with E-state index in [0.29, 0.717) is 43.8 Å². The lowest BCUT2D eigenvalue weighted by molar-refractivity contribution is 0.0967. The number of hydrogen-bond acceptors (Lipinski definition) is 5. The van der Waals surface area contributed by atoms with Gasteiger partial charge < -0.3 is 9.30 Å². The van der Waals surface area contributed by atoms with Gasteiger partial charge in [-0.2, -0.15) is 5.26 Å². The molecule has 0 aromatic carbocycles. The zero-order valence-electron chi connectivity index (χ0n) is 15.7. The zero-order chi connectivity index (χ0) is 19.7. The van der Waals surface area contributed by atoms with Crippen LogP contribution in [0.5, 0.6) is 0 Å². The van der Waals surface area contributed by atoms with Gasteiger partial charge in [-0.05, 0) is 32.8 Å². The Balaban J connectivity index is 2.00. The van der Waals surface area contributed by atoms with Crippen LogP contribution in [0.3, 0.4) is 0 Å². The van der Waals surface area contributed by atoms with Gasteiger partial charge in [-0.1, -0.05) is 0 Å². The lowest BCUT2D eigenvalue weighted by atomic mass is 10.1. The number of carbonyl (C=O) groups is 1. The fourth-order valence-corrected chi connectivity index (χ4v) is 3.73. The standard InChI is InChI=1S/C19H22N4O4/c1-12-9-14(13(2)21(12)7-8-27-3)17(24)11-23-18(25)15(10-20)16-5-4-6-22(16)19(23)26/h9H,4-8,11H2,1-3H3.